The first-order valence-electron chi connectivity index (χ1n) is 9.39. The number of rotatable bonds is 7. The van der Waals surface area contributed by atoms with Gasteiger partial charge in [-0.2, -0.15) is 5.10 Å². The molecule has 2 aromatic carbocycles. The minimum absolute atomic E-state index is 0.0610. The van der Waals surface area contributed by atoms with Gasteiger partial charge in [0.05, 0.1) is 23.3 Å². The topological polar surface area (TPSA) is 117 Å². The fraction of sp³-hybridized carbons (Fsp3) is 0.0909. The van der Waals surface area contributed by atoms with Crippen molar-refractivity contribution >= 4 is 39.6 Å². The number of thiophene rings is 1. The average molecular weight is 434 g/mol. The van der Waals surface area contributed by atoms with Crippen LogP contribution in [0, 0.1) is 0 Å². The van der Waals surface area contributed by atoms with E-state index in [0.29, 0.717) is 33.3 Å². The van der Waals surface area contributed by atoms with Crippen molar-refractivity contribution in [1.29, 1.82) is 0 Å². The minimum atomic E-state index is -0.982. The zero-order chi connectivity index (χ0) is 21.8. The molecule has 156 valence electrons. The zero-order valence-corrected chi connectivity index (χ0v) is 17.3. The van der Waals surface area contributed by atoms with E-state index >= 15 is 0 Å². The lowest BCUT2D eigenvalue weighted by Gasteiger charge is -2.08. The maximum Gasteiger partial charge on any atom is 0.335 e. The van der Waals surface area contributed by atoms with Crippen molar-refractivity contribution in [3.8, 4) is 21.9 Å². The van der Waals surface area contributed by atoms with Gasteiger partial charge in [-0.1, -0.05) is 24.3 Å². The zero-order valence-electron chi connectivity index (χ0n) is 16.4. The lowest BCUT2D eigenvalue weighted by molar-refractivity contribution is 0.0697. The summed E-state index contributed by atoms with van der Waals surface area (Å²) >= 11 is 1.34. The van der Waals surface area contributed by atoms with Crippen LogP contribution >= 0.6 is 11.3 Å². The molecule has 0 aliphatic rings. The first kappa shape index (κ1) is 20.3. The van der Waals surface area contributed by atoms with Gasteiger partial charge in [0.2, 0.25) is 0 Å². The number of hydrogen-bond acceptors (Lipinski definition) is 8. The molecule has 0 amide bonds. The highest BCUT2D eigenvalue weighted by Gasteiger charge is 2.19. The molecule has 3 N–H and O–H groups in total. The quantitative estimate of drug-likeness (QED) is 0.287. The molecule has 31 heavy (non-hydrogen) atoms. The summed E-state index contributed by atoms with van der Waals surface area (Å²) in [6, 6.07) is 13.8. The van der Waals surface area contributed by atoms with Gasteiger partial charge in [0.15, 0.2) is 11.6 Å². The first-order chi connectivity index (χ1) is 15.1. The Bertz CT molecular complexity index is 1270. The number of carboxylic acid groups (broad SMARTS) is 1. The molecule has 2 heterocycles. The van der Waals surface area contributed by atoms with Crippen LogP contribution in [0.3, 0.4) is 0 Å². The van der Waals surface area contributed by atoms with Crippen molar-refractivity contribution in [2.45, 2.75) is 6.92 Å². The van der Waals surface area contributed by atoms with E-state index in [9.17, 15) is 9.90 Å². The number of carboxylic acids is 1. The number of aromatic carboxylic acids is 1. The minimum Gasteiger partial charge on any atom is -0.504 e. The second-order valence-electron chi connectivity index (χ2n) is 6.41. The lowest BCUT2D eigenvalue weighted by Crippen LogP contribution is -1.97. The Balaban J connectivity index is 1.64. The largest absolute Gasteiger partial charge is 0.504 e. The molecule has 4 aromatic rings. The van der Waals surface area contributed by atoms with E-state index in [1.54, 1.807) is 18.3 Å². The third kappa shape index (κ3) is 4.17. The standard InChI is InChI=1S/C22H18N4O4S/c1-2-30-16-6-4-3-5-15(16)19-18(27)17-20(31-19)21(24-12-23-17)26-25-11-13-7-9-14(10-8-13)22(28)29/h3-12,27H,2H2,1H3,(H,28,29)(H,23,24,26)/b25-11+. The van der Waals surface area contributed by atoms with Gasteiger partial charge in [0, 0.05) is 5.56 Å². The Labute approximate surface area is 181 Å². The summed E-state index contributed by atoms with van der Waals surface area (Å²) in [5, 5.41) is 23.9. The van der Waals surface area contributed by atoms with Crippen molar-refractivity contribution in [2.24, 2.45) is 5.10 Å². The number of anilines is 1. The van der Waals surface area contributed by atoms with Gasteiger partial charge < -0.3 is 14.9 Å². The first-order valence-corrected chi connectivity index (χ1v) is 10.2. The second-order valence-corrected chi connectivity index (χ2v) is 7.43. The fourth-order valence-electron chi connectivity index (χ4n) is 2.97. The maximum atomic E-state index is 10.9. The Morgan fingerprint density at radius 1 is 1.19 bits per heavy atom. The number of hydrogen-bond donors (Lipinski definition) is 3. The Kier molecular flexibility index (Phi) is 5.76. The van der Waals surface area contributed by atoms with E-state index in [2.05, 4.69) is 20.5 Å². The molecule has 8 nitrogen and oxygen atoms in total. The number of ether oxygens (including phenoxy) is 1. The van der Waals surface area contributed by atoms with Crippen LogP contribution in [0.2, 0.25) is 0 Å². The highest BCUT2D eigenvalue weighted by molar-refractivity contribution is 7.23. The van der Waals surface area contributed by atoms with Crippen LogP contribution in [0.5, 0.6) is 11.5 Å². The molecule has 0 saturated heterocycles. The van der Waals surface area contributed by atoms with Crippen LogP contribution in [0.15, 0.2) is 60.0 Å². The van der Waals surface area contributed by atoms with E-state index < -0.39 is 5.97 Å². The van der Waals surface area contributed by atoms with Crippen molar-refractivity contribution < 1.29 is 19.7 Å². The number of para-hydroxylation sites is 1. The maximum absolute atomic E-state index is 10.9. The third-order valence-electron chi connectivity index (χ3n) is 4.42. The summed E-state index contributed by atoms with van der Waals surface area (Å²) in [6.07, 6.45) is 2.91. The van der Waals surface area contributed by atoms with Gasteiger partial charge in [-0.3, -0.25) is 5.43 Å². The highest BCUT2D eigenvalue weighted by Crippen LogP contribution is 2.47. The highest BCUT2D eigenvalue weighted by atomic mass is 32.1. The van der Waals surface area contributed by atoms with Gasteiger partial charge in [0.25, 0.3) is 0 Å². The van der Waals surface area contributed by atoms with Crippen LogP contribution in [-0.2, 0) is 0 Å². The van der Waals surface area contributed by atoms with E-state index in [0.717, 1.165) is 11.1 Å². The number of nitrogens with zero attached hydrogens (tertiary/aromatic N) is 3. The summed E-state index contributed by atoms with van der Waals surface area (Å²) in [5.74, 6) is 0.205. The number of carbonyl (C=O) groups is 1. The number of benzene rings is 2. The summed E-state index contributed by atoms with van der Waals surface area (Å²) in [7, 11) is 0. The molecule has 9 heteroatoms. The van der Waals surface area contributed by atoms with Gasteiger partial charge in [-0.05, 0) is 36.8 Å². The molecule has 0 atom stereocenters. The van der Waals surface area contributed by atoms with Crippen molar-refractivity contribution in [1.82, 2.24) is 9.97 Å². The Morgan fingerprint density at radius 3 is 2.71 bits per heavy atom. The number of hydrazone groups is 1. The summed E-state index contributed by atoms with van der Waals surface area (Å²) in [4.78, 5) is 20.0. The molecule has 0 spiro atoms. The summed E-state index contributed by atoms with van der Waals surface area (Å²) in [6.45, 7) is 2.42. The SMILES string of the molecule is CCOc1ccccc1-c1sc2c(N/N=C/c3ccc(C(=O)O)cc3)ncnc2c1O. The molecule has 0 saturated carbocycles. The molecule has 0 radical (unpaired) electrons. The molecule has 0 aliphatic heterocycles. The van der Waals surface area contributed by atoms with Gasteiger partial charge in [-0.15, -0.1) is 11.3 Å². The summed E-state index contributed by atoms with van der Waals surface area (Å²) in [5.41, 5.74) is 5.00. The van der Waals surface area contributed by atoms with Gasteiger partial charge >= 0.3 is 5.97 Å². The molecule has 2 aromatic heterocycles. The predicted octanol–water partition coefficient (Wildman–Crippen LogP) is 4.61. The van der Waals surface area contributed by atoms with Crippen LogP contribution < -0.4 is 10.2 Å². The number of aromatic hydroxyl groups is 1. The van der Waals surface area contributed by atoms with E-state index in [4.69, 9.17) is 9.84 Å². The second kappa shape index (κ2) is 8.80. The van der Waals surface area contributed by atoms with Crippen LogP contribution in [0.25, 0.3) is 20.7 Å². The molecular weight excluding hydrogens is 416 g/mol. The Morgan fingerprint density at radius 2 is 1.97 bits per heavy atom. The molecule has 0 unspecified atom stereocenters. The third-order valence-corrected chi connectivity index (χ3v) is 5.63. The molecule has 4 rings (SSSR count). The van der Waals surface area contributed by atoms with Gasteiger partial charge in [0.1, 0.15) is 22.3 Å². The van der Waals surface area contributed by atoms with Crippen molar-refractivity contribution in [3.05, 3.63) is 66.0 Å². The lowest BCUT2D eigenvalue weighted by atomic mass is 10.1. The van der Waals surface area contributed by atoms with E-state index in [1.807, 2.05) is 31.2 Å². The fourth-order valence-corrected chi connectivity index (χ4v) is 4.09. The monoisotopic (exact) mass is 434 g/mol. The van der Waals surface area contributed by atoms with Crippen LogP contribution in [0.1, 0.15) is 22.8 Å². The van der Waals surface area contributed by atoms with Crippen molar-refractivity contribution in [3.63, 3.8) is 0 Å². The van der Waals surface area contributed by atoms with Crippen LogP contribution in [0.4, 0.5) is 5.82 Å². The van der Waals surface area contributed by atoms with Crippen molar-refractivity contribution in [2.75, 3.05) is 12.0 Å². The van der Waals surface area contributed by atoms with Crippen LogP contribution in [-0.4, -0.2) is 39.0 Å². The van der Waals surface area contributed by atoms with E-state index in [-0.39, 0.29) is 11.3 Å². The Hall–Kier alpha value is -3.98. The molecular formula is C22H18N4O4S. The molecule has 0 fully saturated rings. The van der Waals surface area contributed by atoms with E-state index in [1.165, 1.54) is 29.8 Å². The van der Waals surface area contributed by atoms with Gasteiger partial charge in [-0.25, -0.2) is 14.8 Å². The number of nitrogens with one attached hydrogen (secondary N) is 1. The summed E-state index contributed by atoms with van der Waals surface area (Å²) < 4.78 is 6.35. The number of aromatic nitrogens is 2. The average Bonchev–Trinajstić information content (AvgIpc) is 3.12. The smallest absolute Gasteiger partial charge is 0.335 e. The number of fused-ring (bicyclic) bond motifs is 1. The molecule has 0 aliphatic carbocycles. The normalized spacial score (nSPS) is 11.1. The molecule has 0 bridgehead atoms. The predicted molar refractivity (Wildman–Crippen MR) is 120 cm³/mol.